The highest BCUT2D eigenvalue weighted by atomic mass is 16.3. The Labute approximate surface area is 272 Å². The predicted molar refractivity (Wildman–Crippen MR) is 194 cm³/mol. The summed E-state index contributed by atoms with van der Waals surface area (Å²) in [7, 11) is 0. The highest BCUT2D eigenvalue weighted by Gasteiger charge is 2.15. The number of fused-ring (bicyclic) bond motifs is 3. The van der Waals surface area contributed by atoms with Crippen LogP contribution < -0.4 is 0 Å². The van der Waals surface area contributed by atoms with Gasteiger partial charge < -0.3 is 4.42 Å². The lowest BCUT2D eigenvalue weighted by molar-refractivity contribution is 0.602. The number of para-hydroxylation sites is 1. The van der Waals surface area contributed by atoms with Crippen molar-refractivity contribution in [2.75, 3.05) is 0 Å². The van der Waals surface area contributed by atoms with Crippen LogP contribution in [0, 0.1) is 0 Å². The Morgan fingerprint density at radius 1 is 0.404 bits per heavy atom. The van der Waals surface area contributed by atoms with E-state index in [1.807, 2.05) is 6.07 Å². The first-order valence-corrected chi connectivity index (χ1v) is 15.8. The second-order valence-corrected chi connectivity index (χ2v) is 11.8. The van der Waals surface area contributed by atoms with E-state index in [1.54, 1.807) is 0 Å². The van der Waals surface area contributed by atoms with Gasteiger partial charge in [-0.2, -0.15) is 0 Å². The molecule has 0 amide bonds. The molecule has 3 heteroatoms. The molecule has 0 radical (unpaired) electrons. The van der Waals surface area contributed by atoms with Gasteiger partial charge in [0.25, 0.3) is 0 Å². The van der Waals surface area contributed by atoms with Gasteiger partial charge in [-0.1, -0.05) is 133 Å². The van der Waals surface area contributed by atoms with E-state index in [2.05, 4.69) is 163 Å². The lowest BCUT2D eigenvalue weighted by atomic mass is 9.88. The fourth-order valence-corrected chi connectivity index (χ4v) is 6.71. The summed E-state index contributed by atoms with van der Waals surface area (Å²) in [6.45, 7) is 0. The molecule has 2 heterocycles. The van der Waals surface area contributed by atoms with Gasteiger partial charge >= 0.3 is 0 Å². The summed E-state index contributed by atoms with van der Waals surface area (Å²) < 4.78 is 5.60. The van der Waals surface area contributed by atoms with Gasteiger partial charge in [0.05, 0.1) is 11.2 Å². The molecule has 0 unspecified atom stereocenters. The number of hydrogen-bond donors (Lipinski definition) is 0. The Balaban J connectivity index is 1.16. The predicted octanol–water partition coefficient (Wildman–Crippen LogP) is 11.9. The van der Waals surface area contributed by atoms with Crippen LogP contribution in [-0.2, 0) is 0 Å². The van der Waals surface area contributed by atoms with E-state index < -0.39 is 0 Å². The van der Waals surface area contributed by atoms with E-state index in [4.69, 9.17) is 9.40 Å². The average molecular weight is 601 g/mol. The monoisotopic (exact) mass is 600 g/mol. The average Bonchev–Trinajstić information content (AvgIpc) is 3.63. The third-order valence-electron chi connectivity index (χ3n) is 9.04. The Bertz CT molecular complexity index is 2560. The fraction of sp³-hybridized carbons (Fsp3) is 0. The molecule has 47 heavy (non-hydrogen) atoms. The number of benzene rings is 7. The zero-order valence-electron chi connectivity index (χ0n) is 25.5. The first kappa shape index (κ1) is 27.0. The zero-order chi connectivity index (χ0) is 31.2. The number of aromatic nitrogens is 2. The van der Waals surface area contributed by atoms with Gasteiger partial charge in [-0.3, -0.25) is 0 Å². The van der Waals surface area contributed by atoms with Crippen molar-refractivity contribution >= 4 is 32.8 Å². The highest BCUT2D eigenvalue weighted by Crippen LogP contribution is 2.40. The van der Waals surface area contributed by atoms with Crippen molar-refractivity contribution in [2.24, 2.45) is 0 Å². The van der Waals surface area contributed by atoms with Crippen LogP contribution in [0.25, 0.3) is 88.5 Å². The smallest absolute Gasteiger partial charge is 0.181 e. The minimum atomic E-state index is 0.788. The molecule has 7 aromatic carbocycles. The molecule has 9 rings (SSSR count). The van der Waals surface area contributed by atoms with Crippen LogP contribution >= 0.6 is 0 Å². The molecule has 0 fully saturated rings. The zero-order valence-corrected chi connectivity index (χ0v) is 25.5. The largest absolute Gasteiger partial charge is 0.443 e. The topological polar surface area (TPSA) is 38.9 Å². The van der Waals surface area contributed by atoms with Gasteiger partial charge in [-0.25, -0.2) is 9.97 Å². The van der Waals surface area contributed by atoms with Gasteiger partial charge in [-0.05, 0) is 85.6 Å². The minimum Gasteiger partial charge on any atom is -0.443 e. The van der Waals surface area contributed by atoms with Crippen LogP contribution in [0.1, 0.15) is 0 Å². The summed E-state index contributed by atoms with van der Waals surface area (Å²) in [5.41, 5.74) is 14.0. The first-order valence-electron chi connectivity index (χ1n) is 15.8. The second kappa shape index (κ2) is 11.2. The van der Waals surface area contributed by atoms with Crippen LogP contribution in [0.3, 0.4) is 0 Å². The molecule has 0 saturated carbocycles. The van der Waals surface area contributed by atoms with E-state index >= 15 is 0 Å². The Hall–Kier alpha value is -6.32. The van der Waals surface area contributed by atoms with Crippen molar-refractivity contribution < 1.29 is 4.42 Å². The summed E-state index contributed by atoms with van der Waals surface area (Å²) in [4.78, 5) is 9.37. The van der Waals surface area contributed by atoms with Crippen LogP contribution in [0.15, 0.2) is 175 Å². The summed E-state index contributed by atoms with van der Waals surface area (Å²) in [6, 6.07) is 58.1. The molecule has 9 aromatic rings. The fourth-order valence-electron chi connectivity index (χ4n) is 6.71. The standard InChI is InChI=1S/C44H28N2O/c1-2-9-29(10-3-1)39-27-42(46-40-16-7-6-15-38(39)40)31-17-19-32(20-18-31)44-36-14-5-4-11-30(36)21-23-37(44)35-13-8-12-33(25-35)34-22-24-41-43(26-34)47-28-45-41/h1-28H. The van der Waals surface area contributed by atoms with Crippen LogP contribution in [0.4, 0.5) is 0 Å². The van der Waals surface area contributed by atoms with Crippen LogP contribution in [0.5, 0.6) is 0 Å². The highest BCUT2D eigenvalue weighted by molar-refractivity contribution is 6.05. The third kappa shape index (κ3) is 4.86. The minimum absolute atomic E-state index is 0.788. The molecule has 0 aliphatic carbocycles. The summed E-state index contributed by atoms with van der Waals surface area (Å²) in [5.74, 6) is 0. The lowest BCUT2D eigenvalue weighted by Crippen LogP contribution is -1.91. The number of nitrogens with zero attached hydrogens (tertiary/aromatic N) is 2. The second-order valence-electron chi connectivity index (χ2n) is 11.8. The van der Waals surface area contributed by atoms with Gasteiger partial charge in [0.15, 0.2) is 12.0 Å². The molecular weight excluding hydrogens is 572 g/mol. The van der Waals surface area contributed by atoms with E-state index in [-0.39, 0.29) is 0 Å². The van der Waals surface area contributed by atoms with Gasteiger partial charge in [-0.15, -0.1) is 0 Å². The Kier molecular flexibility index (Phi) is 6.46. The molecule has 0 saturated heterocycles. The maximum atomic E-state index is 5.60. The van der Waals surface area contributed by atoms with E-state index in [0.717, 1.165) is 55.5 Å². The third-order valence-corrected chi connectivity index (χ3v) is 9.04. The molecule has 0 atom stereocenters. The number of hydrogen-bond acceptors (Lipinski definition) is 3. The van der Waals surface area contributed by atoms with Crippen LogP contribution in [0.2, 0.25) is 0 Å². The summed E-state index contributed by atoms with van der Waals surface area (Å²) in [6.07, 6.45) is 1.50. The van der Waals surface area contributed by atoms with E-state index in [1.165, 1.54) is 39.4 Å². The Morgan fingerprint density at radius 2 is 1.11 bits per heavy atom. The van der Waals surface area contributed by atoms with Crippen molar-refractivity contribution in [3.8, 4) is 55.8 Å². The van der Waals surface area contributed by atoms with Crippen LogP contribution in [-0.4, -0.2) is 9.97 Å². The normalized spacial score (nSPS) is 11.4. The quantitative estimate of drug-likeness (QED) is 0.197. The SMILES string of the molecule is c1ccc(-c2cc(-c3ccc(-c4c(-c5cccc(-c6ccc7ncoc7c6)c5)ccc5ccccc45)cc3)nc3ccccc23)cc1. The lowest BCUT2D eigenvalue weighted by Gasteiger charge is -2.16. The maximum Gasteiger partial charge on any atom is 0.181 e. The van der Waals surface area contributed by atoms with E-state index in [0.29, 0.717) is 0 Å². The first-order chi connectivity index (χ1) is 23.3. The van der Waals surface area contributed by atoms with Crippen molar-refractivity contribution in [3.05, 3.63) is 170 Å². The van der Waals surface area contributed by atoms with Crippen molar-refractivity contribution in [1.29, 1.82) is 0 Å². The number of pyridine rings is 1. The summed E-state index contributed by atoms with van der Waals surface area (Å²) in [5, 5.41) is 3.59. The molecule has 0 N–H and O–H groups in total. The van der Waals surface area contributed by atoms with Gasteiger partial charge in [0.2, 0.25) is 0 Å². The molecule has 2 aromatic heterocycles. The van der Waals surface area contributed by atoms with Crippen molar-refractivity contribution in [1.82, 2.24) is 9.97 Å². The molecule has 0 bridgehead atoms. The van der Waals surface area contributed by atoms with Crippen molar-refractivity contribution in [2.45, 2.75) is 0 Å². The van der Waals surface area contributed by atoms with E-state index in [9.17, 15) is 0 Å². The Morgan fingerprint density at radius 3 is 2.00 bits per heavy atom. The maximum absolute atomic E-state index is 5.60. The number of oxazole rings is 1. The molecule has 3 nitrogen and oxygen atoms in total. The number of rotatable bonds is 5. The van der Waals surface area contributed by atoms with Crippen molar-refractivity contribution in [3.63, 3.8) is 0 Å². The summed E-state index contributed by atoms with van der Waals surface area (Å²) >= 11 is 0. The molecule has 0 aliphatic heterocycles. The molecular formula is C44H28N2O. The van der Waals surface area contributed by atoms with Gasteiger partial charge in [0, 0.05) is 10.9 Å². The molecule has 0 aliphatic rings. The van der Waals surface area contributed by atoms with Gasteiger partial charge in [0.1, 0.15) is 5.52 Å². The molecule has 220 valence electrons. The molecule has 0 spiro atoms.